The van der Waals surface area contributed by atoms with Gasteiger partial charge in [0.1, 0.15) is 5.75 Å². The van der Waals surface area contributed by atoms with E-state index in [2.05, 4.69) is 4.90 Å². The SMILES string of the molecule is CC1(C(=O)O)CCCN(Cc2ccccc2O)C1. The molecule has 98 valence electrons. The van der Waals surface area contributed by atoms with Crippen molar-refractivity contribution in [2.75, 3.05) is 13.1 Å². The molecule has 0 bridgehead atoms. The first kappa shape index (κ1) is 12.9. The van der Waals surface area contributed by atoms with Gasteiger partial charge in [0.15, 0.2) is 0 Å². The Morgan fingerprint density at radius 1 is 1.44 bits per heavy atom. The minimum absolute atomic E-state index is 0.278. The Morgan fingerprint density at radius 2 is 2.17 bits per heavy atom. The van der Waals surface area contributed by atoms with Gasteiger partial charge in [0, 0.05) is 18.7 Å². The van der Waals surface area contributed by atoms with Gasteiger partial charge >= 0.3 is 5.97 Å². The highest BCUT2D eigenvalue weighted by Crippen LogP contribution is 2.31. The Balaban J connectivity index is 2.07. The number of phenols is 1. The number of likely N-dealkylation sites (tertiary alicyclic amines) is 1. The van der Waals surface area contributed by atoms with Gasteiger partial charge in [-0.15, -0.1) is 0 Å². The third-order valence-electron chi connectivity index (χ3n) is 3.68. The fourth-order valence-electron chi connectivity index (χ4n) is 2.54. The second-order valence-electron chi connectivity index (χ2n) is 5.31. The molecule has 1 saturated heterocycles. The highest BCUT2D eigenvalue weighted by molar-refractivity contribution is 5.74. The predicted molar refractivity (Wildman–Crippen MR) is 68.4 cm³/mol. The predicted octanol–water partition coefficient (Wildman–Crippen LogP) is 2.08. The van der Waals surface area contributed by atoms with Gasteiger partial charge in [-0.2, -0.15) is 0 Å². The molecule has 1 unspecified atom stereocenters. The highest BCUT2D eigenvalue weighted by atomic mass is 16.4. The maximum absolute atomic E-state index is 11.3. The minimum atomic E-state index is -0.732. The summed E-state index contributed by atoms with van der Waals surface area (Å²) in [4.78, 5) is 13.4. The zero-order valence-electron chi connectivity index (χ0n) is 10.6. The van der Waals surface area contributed by atoms with Crippen molar-refractivity contribution in [1.82, 2.24) is 4.90 Å². The van der Waals surface area contributed by atoms with E-state index in [0.29, 0.717) is 13.1 Å². The van der Waals surface area contributed by atoms with Crippen LogP contribution >= 0.6 is 0 Å². The average molecular weight is 249 g/mol. The Hall–Kier alpha value is -1.55. The Bertz CT molecular complexity index is 446. The molecular weight excluding hydrogens is 230 g/mol. The molecule has 1 aliphatic heterocycles. The standard InChI is InChI=1S/C14H19NO3/c1-14(13(17)18)7-4-8-15(10-14)9-11-5-2-3-6-12(11)16/h2-3,5-6,16H,4,7-10H2,1H3,(H,17,18). The zero-order chi connectivity index (χ0) is 13.2. The van der Waals surface area contributed by atoms with Crippen molar-refractivity contribution in [3.05, 3.63) is 29.8 Å². The average Bonchev–Trinajstić information content (AvgIpc) is 2.32. The van der Waals surface area contributed by atoms with Gasteiger partial charge in [0.25, 0.3) is 0 Å². The lowest BCUT2D eigenvalue weighted by atomic mass is 9.82. The Kier molecular flexibility index (Phi) is 3.57. The van der Waals surface area contributed by atoms with Crippen LogP contribution in [0.25, 0.3) is 0 Å². The van der Waals surface area contributed by atoms with Crippen LogP contribution in [0.4, 0.5) is 0 Å². The lowest BCUT2D eigenvalue weighted by molar-refractivity contribution is -0.151. The first-order valence-corrected chi connectivity index (χ1v) is 6.24. The summed E-state index contributed by atoms with van der Waals surface area (Å²) < 4.78 is 0. The molecule has 1 atom stereocenters. The third kappa shape index (κ3) is 2.64. The molecule has 0 amide bonds. The molecule has 4 nitrogen and oxygen atoms in total. The number of para-hydroxylation sites is 1. The molecule has 0 radical (unpaired) electrons. The van der Waals surface area contributed by atoms with E-state index >= 15 is 0 Å². The zero-order valence-corrected chi connectivity index (χ0v) is 10.6. The first-order valence-electron chi connectivity index (χ1n) is 6.24. The number of carboxylic acids is 1. The van der Waals surface area contributed by atoms with Gasteiger partial charge < -0.3 is 10.2 Å². The number of rotatable bonds is 3. The fraction of sp³-hybridized carbons (Fsp3) is 0.500. The lowest BCUT2D eigenvalue weighted by Crippen LogP contribution is -2.45. The molecule has 1 aliphatic rings. The molecule has 1 aromatic carbocycles. The molecule has 0 saturated carbocycles. The fourth-order valence-corrected chi connectivity index (χ4v) is 2.54. The van der Waals surface area contributed by atoms with Crippen LogP contribution in [0.15, 0.2) is 24.3 Å². The van der Waals surface area contributed by atoms with Crippen LogP contribution in [-0.2, 0) is 11.3 Å². The number of aliphatic carboxylic acids is 1. The van der Waals surface area contributed by atoms with Crippen molar-refractivity contribution in [2.45, 2.75) is 26.3 Å². The van der Waals surface area contributed by atoms with Crippen LogP contribution in [0, 0.1) is 5.41 Å². The molecule has 2 N–H and O–H groups in total. The molecule has 2 rings (SSSR count). The molecule has 0 aliphatic carbocycles. The number of hydrogen-bond acceptors (Lipinski definition) is 3. The topological polar surface area (TPSA) is 60.8 Å². The smallest absolute Gasteiger partial charge is 0.310 e. The summed E-state index contributed by atoms with van der Waals surface area (Å²) in [6.07, 6.45) is 1.61. The highest BCUT2D eigenvalue weighted by Gasteiger charge is 2.37. The van der Waals surface area contributed by atoms with Crippen LogP contribution in [0.1, 0.15) is 25.3 Å². The van der Waals surface area contributed by atoms with E-state index < -0.39 is 11.4 Å². The number of benzene rings is 1. The summed E-state index contributed by atoms with van der Waals surface area (Å²) in [5, 5.41) is 19.0. The normalized spacial score (nSPS) is 24.9. The van der Waals surface area contributed by atoms with Crippen molar-refractivity contribution in [2.24, 2.45) is 5.41 Å². The van der Waals surface area contributed by atoms with Crippen molar-refractivity contribution >= 4 is 5.97 Å². The van der Waals surface area contributed by atoms with Crippen LogP contribution in [0.3, 0.4) is 0 Å². The molecule has 1 heterocycles. The number of carbonyl (C=O) groups is 1. The van der Waals surface area contributed by atoms with Gasteiger partial charge in [-0.3, -0.25) is 9.69 Å². The summed E-state index contributed by atoms with van der Waals surface area (Å²) in [5.41, 5.74) is 0.190. The van der Waals surface area contributed by atoms with Gasteiger partial charge in [-0.05, 0) is 32.4 Å². The van der Waals surface area contributed by atoms with Crippen molar-refractivity contribution < 1.29 is 15.0 Å². The van der Waals surface area contributed by atoms with Crippen LogP contribution in [0.5, 0.6) is 5.75 Å². The monoisotopic (exact) mass is 249 g/mol. The van der Waals surface area contributed by atoms with E-state index in [4.69, 9.17) is 0 Å². The molecule has 4 heteroatoms. The van der Waals surface area contributed by atoms with Gasteiger partial charge in [0.2, 0.25) is 0 Å². The van der Waals surface area contributed by atoms with Crippen molar-refractivity contribution in [1.29, 1.82) is 0 Å². The number of hydrogen-bond donors (Lipinski definition) is 2. The number of aromatic hydroxyl groups is 1. The third-order valence-corrected chi connectivity index (χ3v) is 3.68. The summed E-state index contributed by atoms with van der Waals surface area (Å²) in [7, 11) is 0. The summed E-state index contributed by atoms with van der Waals surface area (Å²) in [6.45, 7) is 3.83. The number of carboxylic acid groups (broad SMARTS) is 1. The molecule has 18 heavy (non-hydrogen) atoms. The second-order valence-corrected chi connectivity index (χ2v) is 5.31. The van der Waals surface area contributed by atoms with E-state index in [1.165, 1.54) is 0 Å². The Morgan fingerprint density at radius 3 is 2.83 bits per heavy atom. The molecule has 0 aromatic heterocycles. The minimum Gasteiger partial charge on any atom is -0.508 e. The van der Waals surface area contributed by atoms with Gasteiger partial charge in [-0.1, -0.05) is 18.2 Å². The molecule has 0 spiro atoms. The largest absolute Gasteiger partial charge is 0.508 e. The van der Waals surface area contributed by atoms with E-state index in [9.17, 15) is 15.0 Å². The maximum atomic E-state index is 11.3. The molecule has 1 fully saturated rings. The molecule has 1 aromatic rings. The van der Waals surface area contributed by atoms with E-state index in [1.807, 2.05) is 12.1 Å². The lowest BCUT2D eigenvalue weighted by Gasteiger charge is -2.37. The van der Waals surface area contributed by atoms with Crippen LogP contribution < -0.4 is 0 Å². The number of piperidine rings is 1. The van der Waals surface area contributed by atoms with Crippen molar-refractivity contribution in [3.8, 4) is 5.75 Å². The summed E-state index contributed by atoms with van der Waals surface area (Å²) in [6, 6.07) is 7.21. The summed E-state index contributed by atoms with van der Waals surface area (Å²) in [5.74, 6) is -0.454. The number of phenolic OH excluding ortho intramolecular Hbond substituents is 1. The maximum Gasteiger partial charge on any atom is 0.310 e. The summed E-state index contributed by atoms with van der Waals surface area (Å²) >= 11 is 0. The van der Waals surface area contributed by atoms with Crippen LogP contribution in [-0.4, -0.2) is 34.2 Å². The van der Waals surface area contributed by atoms with Crippen LogP contribution in [0.2, 0.25) is 0 Å². The first-order chi connectivity index (χ1) is 8.51. The van der Waals surface area contributed by atoms with Gasteiger partial charge in [-0.25, -0.2) is 0 Å². The van der Waals surface area contributed by atoms with E-state index in [-0.39, 0.29) is 5.75 Å². The second kappa shape index (κ2) is 4.98. The Labute approximate surface area is 107 Å². The van der Waals surface area contributed by atoms with E-state index in [1.54, 1.807) is 19.1 Å². The van der Waals surface area contributed by atoms with E-state index in [0.717, 1.165) is 24.9 Å². The number of nitrogens with zero attached hydrogens (tertiary/aromatic N) is 1. The quantitative estimate of drug-likeness (QED) is 0.861. The molecular formula is C14H19NO3. The van der Waals surface area contributed by atoms with Crippen molar-refractivity contribution in [3.63, 3.8) is 0 Å². The van der Waals surface area contributed by atoms with Gasteiger partial charge in [0.05, 0.1) is 5.41 Å².